The maximum atomic E-state index is 15.1. The number of benzene rings is 1. The number of nitrogens with zero attached hydrogens (tertiary/aromatic N) is 6. The molecule has 3 saturated heterocycles. The molecule has 4 N–H and O–H groups in total. The number of alkyl halides is 1. The number of likely N-dealkylation sites (N-methyl/N-ethyl adjacent to an activating group) is 2. The van der Waals surface area contributed by atoms with Crippen molar-refractivity contribution in [3.05, 3.63) is 53.4 Å². The zero-order valence-electron chi connectivity index (χ0n) is 51.2. The summed E-state index contributed by atoms with van der Waals surface area (Å²) in [5.74, 6) is -3.37. The number of rotatable bonds is 18. The number of carbonyl (C=O) groups is 3. The van der Waals surface area contributed by atoms with Crippen LogP contribution in [0, 0.1) is 17.8 Å². The third kappa shape index (κ3) is 16.3. The van der Waals surface area contributed by atoms with Crippen molar-refractivity contribution in [3.63, 3.8) is 0 Å². The van der Waals surface area contributed by atoms with Crippen molar-refractivity contribution in [2.24, 2.45) is 17.8 Å². The summed E-state index contributed by atoms with van der Waals surface area (Å²) in [6.45, 7) is 20.0. The van der Waals surface area contributed by atoms with Gasteiger partial charge in [-0.25, -0.2) is 9.07 Å². The van der Waals surface area contributed by atoms with Gasteiger partial charge in [-0.15, -0.1) is 5.10 Å². The summed E-state index contributed by atoms with van der Waals surface area (Å²) in [5.41, 5.74) is -0.962. The Morgan fingerprint density at radius 1 is 0.963 bits per heavy atom. The SMILES string of the molecule is CC[C@H]1OC(=O)[C@H](C)[C@@H](OC2C[C@@](C)(OC)[C@@H](O)[C@H](C)O2)[C@H](C)[C@@H](OC2C[C@@H](N(C)CCc3cn([C@H](CF)[C@H](OC)c4ccc(C5=CCN(C(=O)COC(C)=O)CC5)cc4)nn3)C[C@@H](C)O2)[C@](C)(O)C[C@@H](C)CN(C)[C@H](C)[C@@H](O)[C@]1(C)O. The lowest BCUT2D eigenvalue weighted by Gasteiger charge is -2.48. The van der Waals surface area contributed by atoms with Crippen molar-refractivity contribution in [2.45, 2.75) is 217 Å². The average molecular weight is 1160 g/mol. The van der Waals surface area contributed by atoms with E-state index in [1.54, 1.807) is 52.8 Å². The second-order valence-corrected chi connectivity index (χ2v) is 24.6. The Morgan fingerprint density at radius 3 is 2.27 bits per heavy atom. The van der Waals surface area contributed by atoms with Crippen LogP contribution in [0.5, 0.6) is 0 Å². The predicted molar refractivity (Wildman–Crippen MR) is 302 cm³/mol. The lowest BCUT2D eigenvalue weighted by molar-refractivity contribution is -0.308. The minimum atomic E-state index is -1.83. The standard InChI is InChI=1S/C60H97FN6O15/c1-16-48-60(11,74)54(70)39(6)65(13)32-35(2)29-58(9,73)56(37(4)52(38(5)57(72)80-48)81-51-30-59(10,76-15)55(71)40(7)79-51)82-50-28-46(27-36(3)78-50)64(12)24-23-45-33-67(63-62-45)47(31-61)53(75-14)44-19-17-42(18-20-44)43-21-25-66(26-22-43)49(69)34-77-41(8)68/h17-21,33,35-40,46-48,50-56,70-71,73-74H,16,22-32,34H2,1-15H3/t35-,36-,37+,38-,39-,40+,46+,47-,48-,50?,51?,52+,53-,54-,55+,56-,58-,59-,60-/m1/s1. The number of amides is 1. The lowest BCUT2D eigenvalue weighted by Crippen LogP contribution is -2.59. The fourth-order valence-electron chi connectivity index (χ4n) is 12.8. The smallest absolute Gasteiger partial charge is 0.311 e. The minimum absolute atomic E-state index is 0.0423. The third-order valence-corrected chi connectivity index (χ3v) is 18.0. The van der Waals surface area contributed by atoms with Gasteiger partial charge in [0.25, 0.3) is 5.91 Å². The van der Waals surface area contributed by atoms with Crippen LogP contribution in [0.1, 0.15) is 144 Å². The summed E-state index contributed by atoms with van der Waals surface area (Å²) in [5, 5.41) is 56.5. The predicted octanol–water partition coefficient (Wildman–Crippen LogP) is 5.21. The van der Waals surface area contributed by atoms with Crippen LogP contribution in [0.3, 0.4) is 0 Å². The van der Waals surface area contributed by atoms with Crippen molar-refractivity contribution < 1.29 is 77.1 Å². The van der Waals surface area contributed by atoms with Gasteiger partial charge >= 0.3 is 11.9 Å². The molecule has 22 heteroatoms. The normalized spacial score (nSPS) is 36.6. The molecule has 4 aliphatic rings. The van der Waals surface area contributed by atoms with Crippen LogP contribution < -0.4 is 0 Å². The summed E-state index contributed by atoms with van der Waals surface area (Å²) in [6, 6.07) is 6.35. The van der Waals surface area contributed by atoms with Crippen LogP contribution in [-0.4, -0.2) is 220 Å². The highest BCUT2D eigenvalue weighted by atomic mass is 19.1. The van der Waals surface area contributed by atoms with Crippen molar-refractivity contribution in [1.82, 2.24) is 29.7 Å². The van der Waals surface area contributed by atoms with Gasteiger partial charge in [0.1, 0.15) is 42.7 Å². The molecule has 1 amide bonds. The summed E-state index contributed by atoms with van der Waals surface area (Å²) < 4.78 is 66.1. The van der Waals surface area contributed by atoms with Crippen LogP contribution in [0.25, 0.3) is 5.57 Å². The molecular formula is C60H97FN6O15. The van der Waals surface area contributed by atoms with E-state index in [0.717, 1.165) is 16.7 Å². The number of halogens is 1. The molecule has 0 saturated carbocycles. The zero-order valence-corrected chi connectivity index (χ0v) is 51.2. The third-order valence-electron chi connectivity index (χ3n) is 18.0. The Bertz CT molecular complexity index is 2410. The summed E-state index contributed by atoms with van der Waals surface area (Å²) >= 11 is 0. The molecule has 0 spiro atoms. The topological polar surface area (TPSA) is 246 Å². The van der Waals surface area contributed by atoms with Crippen LogP contribution in [0.2, 0.25) is 0 Å². The highest BCUT2D eigenvalue weighted by Gasteiger charge is 2.52. The number of carbonyl (C=O) groups excluding carboxylic acids is 3. The van der Waals surface area contributed by atoms with Crippen molar-refractivity contribution >= 4 is 23.4 Å². The monoisotopic (exact) mass is 1160 g/mol. The summed E-state index contributed by atoms with van der Waals surface area (Å²) in [7, 11) is 6.93. The highest BCUT2D eigenvalue weighted by Crippen LogP contribution is 2.41. The number of cyclic esters (lactones) is 1. The molecule has 0 aliphatic carbocycles. The lowest BCUT2D eigenvalue weighted by atomic mass is 9.77. The molecule has 6 rings (SSSR count). The van der Waals surface area contributed by atoms with Gasteiger partial charge in [0.15, 0.2) is 19.2 Å². The number of aromatic nitrogens is 3. The molecule has 0 bridgehead atoms. The first-order valence-electron chi connectivity index (χ1n) is 29.4. The van der Waals surface area contributed by atoms with Crippen LogP contribution in [-0.2, 0) is 58.7 Å². The minimum Gasteiger partial charge on any atom is -0.459 e. The van der Waals surface area contributed by atoms with E-state index >= 15 is 4.39 Å². The van der Waals surface area contributed by atoms with E-state index in [0.29, 0.717) is 57.6 Å². The summed E-state index contributed by atoms with van der Waals surface area (Å²) in [4.78, 5) is 44.0. The molecule has 2 aromatic rings. The molecule has 464 valence electrons. The van der Waals surface area contributed by atoms with E-state index in [-0.39, 0.29) is 49.8 Å². The van der Waals surface area contributed by atoms with Crippen molar-refractivity contribution in [3.8, 4) is 0 Å². The van der Waals surface area contributed by atoms with Gasteiger partial charge in [-0.2, -0.15) is 0 Å². The number of aliphatic hydroxyl groups is 4. The van der Waals surface area contributed by atoms with Crippen molar-refractivity contribution in [1.29, 1.82) is 0 Å². The van der Waals surface area contributed by atoms with Gasteiger partial charge < -0.3 is 73.0 Å². The van der Waals surface area contributed by atoms with Gasteiger partial charge in [-0.3, -0.25) is 14.4 Å². The molecule has 2 unspecified atom stereocenters. The van der Waals surface area contributed by atoms with Gasteiger partial charge in [-0.05, 0) is 111 Å². The molecule has 19 atom stereocenters. The van der Waals surface area contributed by atoms with E-state index in [9.17, 15) is 34.8 Å². The molecule has 0 radical (unpaired) electrons. The number of ether oxygens (including phenoxy) is 8. The fourth-order valence-corrected chi connectivity index (χ4v) is 12.8. The summed E-state index contributed by atoms with van der Waals surface area (Å²) in [6.07, 6.45) is -2.28. The van der Waals surface area contributed by atoms with Crippen molar-refractivity contribution in [2.75, 3.05) is 67.8 Å². The Morgan fingerprint density at radius 2 is 1.66 bits per heavy atom. The van der Waals surface area contributed by atoms with E-state index < -0.39 is 115 Å². The average Bonchev–Trinajstić information content (AvgIpc) is 4.02. The van der Waals surface area contributed by atoms with Gasteiger partial charge in [0, 0.05) is 90.8 Å². The molecular weight excluding hydrogens is 1060 g/mol. The van der Waals surface area contributed by atoms with E-state index in [1.165, 1.54) is 25.6 Å². The first kappa shape index (κ1) is 67.1. The van der Waals surface area contributed by atoms with Crippen LogP contribution >= 0.6 is 0 Å². The second kappa shape index (κ2) is 28.9. The maximum Gasteiger partial charge on any atom is 0.311 e. The number of esters is 2. The molecule has 82 heavy (non-hydrogen) atoms. The molecule has 4 aliphatic heterocycles. The largest absolute Gasteiger partial charge is 0.459 e. The number of hydrogen-bond acceptors (Lipinski definition) is 19. The molecule has 21 nitrogen and oxygen atoms in total. The Balaban J connectivity index is 1.19. The van der Waals surface area contributed by atoms with Gasteiger partial charge in [-0.1, -0.05) is 56.3 Å². The number of hydrogen-bond donors (Lipinski definition) is 4. The highest BCUT2D eigenvalue weighted by molar-refractivity contribution is 5.81. The molecule has 1 aromatic heterocycles. The molecule has 3 fully saturated rings. The van der Waals surface area contributed by atoms with E-state index in [1.807, 2.05) is 77.0 Å². The van der Waals surface area contributed by atoms with Gasteiger partial charge in [0.2, 0.25) is 0 Å². The Hall–Kier alpha value is -4.04. The van der Waals surface area contributed by atoms with E-state index in [2.05, 4.69) is 15.2 Å². The maximum absolute atomic E-state index is 15.1. The Kier molecular flexibility index (Phi) is 23.6. The quantitative estimate of drug-likeness (QED) is 0.140. The fraction of sp³-hybridized carbons (Fsp3) is 0.783. The molecule has 1 aromatic carbocycles. The first-order valence-corrected chi connectivity index (χ1v) is 29.4. The molecule has 5 heterocycles. The second-order valence-electron chi connectivity index (χ2n) is 24.6. The van der Waals surface area contributed by atoms with E-state index in [4.69, 9.17) is 37.9 Å². The van der Waals surface area contributed by atoms with Crippen LogP contribution in [0.15, 0.2) is 36.5 Å². The van der Waals surface area contributed by atoms with Gasteiger partial charge in [0.05, 0.1) is 47.2 Å². The number of aliphatic hydroxyl groups excluding tert-OH is 2. The zero-order chi connectivity index (χ0) is 60.6. The first-order chi connectivity index (χ1) is 38.6. The number of methoxy groups -OCH3 is 2. The van der Waals surface area contributed by atoms with Crippen LogP contribution in [0.4, 0.5) is 4.39 Å². The Labute approximate surface area is 485 Å².